The molecular formula is C15H14N2O. The Morgan fingerprint density at radius 3 is 2.67 bits per heavy atom. The summed E-state index contributed by atoms with van der Waals surface area (Å²) < 4.78 is 5.22. The van der Waals surface area contributed by atoms with Crippen molar-refractivity contribution in [1.29, 1.82) is 0 Å². The number of hydrogen-bond acceptors (Lipinski definition) is 3. The van der Waals surface area contributed by atoms with E-state index in [0.717, 1.165) is 22.6 Å². The second kappa shape index (κ2) is 4.27. The third-order valence-corrected chi connectivity index (χ3v) is 3.21. The molecule has 3 heteroatoms. The highest BCUT2D eigenvalue weighted by molar-refractivity contribution is 5.87. The van der Waals surface area contributed by atoms with Crippen LogP contribution in [0.15, 0.2) is 47.0 Å². The molecule has 0 bridgehead atoms. The fraction of sp³-hybridized carbons (Fsp3) is 0.133. The molecule has 0 fully saturated rings. The van der Waals surface area contributed by atoms with Gasteiger partial charge in [0.1, 0.15) is 11.5 Å². The van der Waals surface area contributed by atoms with E-state index >= 15 is 0 Å². The van der Waals surface area contributed by atoms with Crippen molar-refractivity contribution in [3.05, 3.63) is 53.8 Å². The van der Waals surface area contributed by atoms with Gasteiger partial charge in [-0.2, -0.15) is 0 Å². The quantitative estimate of drug-likeness (QED) is 0.745. The van der Waals surface area contributed by atoms with Gasteiger partial charge in [0.15, 0.2) is 0 Å². The lowest BCUT2D eigenvalue weighted by atomic mass is 10.0. The van der Waals surface area contributed by atoms with Crippen LogP contribution in [0, 0.1) is 6.92 Å². The average molecular weight is 238 g/mol. The highest BCUT2D eigenvalue weighted by Gasteiger charge is 2.13. The molecule has 0 radical (unpaired) electrons. The van der Waals surface area contributed by atoms with Gasteiger partial charge in [0, 0.05) is 17.7 Å². The number of rotatable bonds is 2. The van der Waals surface area contributed by atoms with E-state index in [-0.39, 0.29) is 0 Å². The van der Waals surface area contributed by atoms with E-state index in [0.29, 0.717) is 6.54 Å². The Hall–Kier alpha value is -2.13. The number of nitrogens with zero attached hydrogens (tertiary/aromatic N) is 1. The second-order valence-corrected chi connectivity index (χ2v) is 4.33. The molecule has 2 aromatic carbocycles. The third-order valence-electron chi connectivity index (χ3n) is 3.21. The van der Waals surface area contributed by atoms with Gasteiger partial charge in [-0.1, -0.05) is 41.6 Å². The molecule has 3 nitrogen and oxygen atoms in total. The van der Waals surface area contributed by atoms with Crippen molar-refractivity contribution in [3.63, 3.8) is 0 Å². The zero-order chi connectivity index (χ0) is 12.5. The van der Waals surface area contributed by atoms with Crippen molar-refractivity contribution in [3.8, 4) is 11.3 Å². The van der Waals surface area contributed by atoms with Gasteiger partial charge in [0.2, 0.25) is 0 Å². The number of fused-ring (bicyclic) bond motifs is 1. The van der Waals surface area contributed by atoms with Crippen LogP contribution in [-0.4, -0.2) is 5.16 Å². The molecule has 0 aliphatic heterocycles. The highest BCUT2D eigenvalue weighted by atomic mass is 16.5. The fourth-order valence-corrected chi connectivity index (χ4v) is 2.19. The maximum atomic E-state index is 5.75. The van der Waals surface area contributed by atoms with Crippen LogP contribution in [0.2, 0.25) is 0 Å². The maximum Gasteiger partial charge on any atom is 0.138 e. The molecule has 0 unspecified atom stereocenters. The number of aryl methyl sites for hydroxylation is 1. The van der Waals surface area contributed by atoms with E-state index in [1.165, 1.54) is 10.8 Å². The topological polar surface area (TPSA) is 52.0 Å². The first-order valence-corrected chi connectivity index (χ1v) is 5.94. The van der Waals surface area contributed by atoms with Crippen molar-refractivity contribution < 1.29 is 4.52 Å². The number of nitrogens with two attached hydrogens (primary N) is 1. The Morgan fingerprint density at radius 1 is 1.11 bits per heavy atom. The van der Waals surface area contributed by atoms with E-state index in [1.807, 2.05) is 19.1 Å². The van der Waals surface area contributed by atoms with Gasteiger partial charge in [-0.15, -0.1) is 0 Å². The lowest BCUT2D eigenvalue weighted by Gasteiger charge is -2.02. The first-order valence-electron chi connectivity index (χ1n) is 5.94. The van der Waals surface area contributed by atoms with Crippen molar-refractivity contribution in [2.24, 2.45) is 5.73 Å². The summed E-state index contributed by atoms with van der Waals surface area (Å²) in [4.78, 5) is 0. The molecule has 3 rings (SSSR count). The van der Waals surface area contributed by atoms with Gasteiger partial charge >= 0.3 is 0 Å². The normalized spacial score (nSPS) is 11.0. The standard InChI is InChI=1S/C15H14N2O/c1-10-14(9-16)15(17-18-10)13-7-6-11-4-2-3-5-12(11)8-13/h2-8H,9,16H2,1H3. The molecule has 2 N–H and O–H groups in total. The van der Waals surface area contributed by atoms with Crippen LogP contribution >= 0.6 is 0 Å². The predicted octanol–water partition coefficient (Wildman–Crippen LogP) is 3.26. The SMILES string of the molecule is Cc1onc(-c2ccc3ccccc3c2)c1CN. The molecule has 0 amide bonds. The zero-order valence-electron chi connectivity index (χ0n) is 10.2. The Bertz CT molecular complexity index is 701. The summed E-state index contributed by atoms with van der Waals surface area (Å²) >= 11 is 0. The molecule has 1 aromatic heterocycles. The summed E-state index contributed by atoms with van der Waals surface area (Å²) in [6, 6.07) is 14.5. The van der Waals surface area contributed by atoms with Gasteiger partial charge in [-0.05, 0) is 23.8 Å². The largest absolute Gasteiger partial charge is 0.361 e. The molecule has 90 valence electrons. The van der Waals surface area contributed by atoms with Crippen LogP contribution in [0.5, 0.6) is 0 Å². The summed E-state index contributed by atoms with van der Waals surface area (Å²) in [5.41, 5.74) is 8.62. The van der Waals surface area contributed by atoms with Crippen LogP contribution in [0.1, 0.15) is 11.3 Å². The minimum atomic E-state index is 0.442. The monoisotopic (exact) mass is 238 g/mol. The van der Waals surface area contributed by atoms with E-state index in [9.17, 15) is 0 Å². The summed E-state index contributed by atoms with van der Waals surface area (Å²) in [7, 11) is 0. The summed E-state index contributed by atoms with van der Waals surface area (Å²) in [5.74, 6) is 0.792. The molecule has 0 spiro atoms. The molecule has 18 heavy (non-hydrogen) atoms. The minimum absolute atomic E-state index is 0.442. The predicted molar refractivity (Wildman–Crippen MR) is 72.1 cm³/mol. The Morgan fingerprint density at radius 2 is 1.89 bits per heavy atom. The van der Waals surface area contributed by atoms with Gasteiger partial charge in [0.25, 0.3) is 0 Å². The smallest absolute Gasteiger partial charge is 0.138 e. The zero-order valence-corrected chi connectivity index (χ0v) is 10.2. The van der Waals surface area contributed by atoms with Gasteiger partial charge < -0.3 is 10.3 Å². The minimum Gasteiger partial charge on any atom is -0.361 e. The van der Waals surface area contributed by atoms with Gasteiger partial charge in [0.05, 0.1) is 0 Å². The van der Waals surface area contributed by atoms with Crippen molar-refractivity contribution in [1.82, 2.24) is 5.16 Å². The Kier molecular flexibility index (Phi) is 2.61. The van der Waals surface area contributed by atoms with Crippen molar-refractivity contribution in [2.75, 3.05) is 0 Å². The summed E-state index contributed by atoms with van der Waals surface area (Å²) in [6.07, 6.45) is 0. The molecule has 0 aliphatic rings. The van der Waals surface area contributed by atoms with E-state index in [4.69, 9.17) is 10.3 Å². The van der Waals surface area contributed by atoms with Crippen LogP contribution in [0.4, 0.5) is 0 Å². The van der Waals surface area contributed by atoms with E-state index in [1.54, 1.807) is 0 Å². The number of hydrogen-bond donors (Lipinski definition) is 1. The highest BCUT2D eigenvalue weighted by Crippen LogP contribution is 2.27. The molecule has 0 saturated heterocycles. The van der Waals surface area contributed by atoms with Crippen LogP contribution in [0.25, 0.3) is 22.0 Å². The first-order chi connectivity index (χ1) is 8.79. The molecular weight excluding hydrogens is 224 g/mol. The second-order valence-electron chi connectivity index (χ2n) is 4.33. The van der Waals surface area contributed by atoms with Crippen LogP contribution in [-0.2, 0) is 6.54 Å². The molecule has 3 aromatic rings. The van der Waals surface area contributed by atoms with Crippen molar-refractivity contribution >= 4 is 10.8 Å². The molecule has 1 heterocycles. The molecule has 0 saturated carbocycles. The van der Waals surface area contributed by atoms with E-state index in [2.05, 4.69) is 35.5 Å². The Balaban J connectivity index is 2.19. The summed E-state index contributed by atoms with van der Waals surface area (Å²) in [5, 5.41) is 6.52. The van der Waals surface area contributed by atoms with E-state index < -0.39 is 0 Å². The maximum absolute atomic E-state index is 5.75. The lowest BCUT2D eigenvalue weighted by molar-refractivity contribution is 0.398. The average Bonchev–Trinajstić information content (AvgIpc) is 2.79. The van der Waals surface area contributed by atoms with Gasteiger partial charge in [-0.3, -0.25) is 0 Å². The van der Waals surface area contributed by atoms with Crippen LogP contribution < -0.4 is 5.73 Å². The van der Waals surface area contributed by atoms with Crippen LogP contribution in [0.3, 0.4) is 0 Å². The first kappa shape index (κ1) is 11.0. The molecule has 0 atom stereocenters. The Labute approximate surface area is 105 Å². The summed E-state index contributed by atoms with van der Waals surface area (Å²) in [6.45, 7) is 2.33. The number of aromatic nitrogens is 1. The fourth-order valence-electron chi connectivity index (χ4n) is 2.19. The lowest BCUT2D eigenvalue weighted by Crippen LogP contribution is -1.98. The number of benzene rings is 2. The van der Waals surface area contributed by atoms with Crippen molar-refractivity contribution in [2.45, 2.75) is 13.5 Å². The molecule has 0 aliphatic carbocycles. The third kappa shape index (κ3) is 1.69. The van der Waals surface area contributed by atoms with Gasteiger partial charge in [-0.25, -0.2) is 0 Å².